The number of ether oxygens (including phenoxy) is 1. The molecule has 148 valence electrons. The first-order valence-corrected chi connectivity index (χ1v) is 9.64. The topological polar surface area (TPSA) is 73.2 Å². The summed E-state index contributed by atoms with van der Waals surface area (Å²) >= 11 is 0. The Bertz CT molecular complexity index is 1180. The molecule has 0 unspecified atom stereocenters. The van der Waals surface area contributed by atoms with Crippen LogP contribution < -0.4 is 15.6 Å². The summed E-state index contributed by atoms with van der Waals surface area (Å²) in [5.41, 5.74) is 2.44. The van der Waals surface area contributed by atoms with Gasteiger partial charge in [-0.3, -0.25) is 14.2 Å². The van der Waals surface area contributed by atoms with E-state index in [9.17, 15) is 9.59 Å². The lowest BCUT2D eigenvalue weighted by Gasteiger charge is -2.13. The fraction of sp³-hybridized carbons (Fsp3) is 0.261. The molecule has 6 nitrogen and oxygen atoms in total. The molecule has 1 heterocycles. The van der Waals surface area contributed by atoms with Crippen molar-refractivity contribution in [2.24, 2.45) is 0 Å². The van der Waals surface area contributed by atoms with Crippen molar-refractivity contribution in [2.75, 3.05) is 6.61 Å². The molecule has 1 saturated carbocycles. The molecule has 0 spiro atoms. The molecule has 0 radical (unpaired) electrons. The molecule has 1 fully saturated rings. The van der Waals surface area contributed by atoms with Gasteiger partial charge in [0.2, 0.25) is 0 Å². The van der Waals surface area contributed by atoms with Gasteiger partial charge in [0.05, 0.1) is 16.6 Å². The van der Waals surface area contributed by atoms with Gasteiger partial charge in [-0.2, -0.15) is 0 Å². The second-order valence-electron chi connectivity index (χ2n) is 7.52. The molecule has 1 N–H and O–H groups in total. The molecule has 6 heteroatoms. The third kappa shape index (κ3) is 4.06. The van der Waals surface area contributed by atoms with Gasteiger partial charge in [-0.15, -0.1) is 0 Å². The van der Waals surface area contributed by atoms with Crippen LogP contribution in [0.3, 0.4) is 0 Å². The van der Waals surface area contributed by atoms with E-state index in [0.29, 0.717) is 40.3 Å². The summed E-state index contributed by atoms with van der Waals surface area (Å²) in [6.45, 7) is 7.87. The molecule has 0 atom stereocenters. The van der Waals surface area contributed by atoms with E-state index >= 15 is 0 Å². The number of hydrogen-bond donors (Lipinski definition) is 1. The molecular formula is C23H23N3O3. The molecule has 0 bridgehead atoms. The first-order chi connectivity index (χ1) is 13.9. The van der Waals surface area contributed by atoms with Gasteiger partial charge in [-0.05, 0) is 68.7 Å². The third-order valence-corrected chi connectivity index (χ3v) is 4.77. The lowest BCUT2D eigenvalue weighted by molar-refractivity contribution is 0.0951. The van der Waals surface area contributed by atoms with Crippen molar-refractivity contribution in [3.05, 3.63) is 76.4 Å². The monoisotopic (exact) mass is 389 g/mol. The van der Waals surface area contributed by atoms with E-state index in [0.717, 1.165) is 18.4 Å². The highest BCUT2D eigenvalue weighted by molar-refractivity contribution is 5.95. The van der Waals surface area contributed by atoms with Gasteiger partial charge in [-0.1, -0.05) is 12.6 Å². The van der Waals surface area contributed by atoms with Gasteiger partial charge in [0.1, 0.15) is 18.2 Å². The normalized spacial score (nSPS) is 13.3. The van der Waals surface area contributed by atoms with Crippen molar-refractivity contribution in [1.82, 2.24) is 14.9 Å². The number of carbonyl (C=O) groups excluding carboxylic acids is 1. The van der Waals surface area contributed by atoms with Crippen LogP contribution in [-0.4, -0.2) is 28.1 Å². The lowest BCUT2D eigenvalue weighted by atomic mass is 10.1. The van der Waals surface area contributed by atoms with E-state index in [2.05, 4.69) is 16.9 Å². The molecular weight excluding hydrogens is 366 g/mol. The Balaban J connectivity index is 1.75. The summed E-state index contributed by atoms with van der Waals surface area (Å²) in [5.74, 6) is 1.02. The Morgan fingerprint density at radius 2 is 2.07 bits per heavy atom. The highest BCUT2D eigenvalue weighted by Gasteiger charge is 2.24. The molecule has 1 aromatic heterocycles. The smallest absolute Gasteiger partial charge is 0.266 e. The predicted octanol–water partition coefficient (Wildman–Crippen LogP) is 3.54. The fourth-order valence-corrected chi connectivity index (χ4v) is 3.16. The van der Waals surface area contributed by atoms with Crippen molar-refractivity contribution in [3.63, 3.8) is 0 Å². The molecule has 3 aromatic rings. The van der Waals surface area contributed by atoms with Gasteiger partial charge in [0, 0.05) is 11.6 Å². The summed E-state index contributed by atoms with van der Waals surface area (Å²) in [6.07, 6.45) is 2.04. The van der Waals surface area contributed by atoms with Crippen molar-refractivity contribution in [2.45, 2.75) is 32.7 Å². The first-order valence-electron chi connectivity index (χ1n) is 9.64. The molecule has 1 aliphatic rings. The minimum absolute atomic E-state index is 0.121. The van der Waals surface area contributed by atoms with E-state index in [1.54, 1.807) is 49.4 Å². The van der Waals surface area contributed by atoms with E-state index in [1.807, 2.05) is 6.92 Å². The summed E-state index contributed by atoms with van der Waals surface area (Å²) in [4.78, 5) is 30.2. The van der Waals surface area contributed by atoms with Crippen LogP contribution in [0.2, 0.25) is 0 Å². The van der Waals surface area contributed by atoms with Crippen LogP contribution in [0.15, 0.2) is 59.4 Å². The van der Waals surface area contributed by atoms with Crippen molar-refractivity contribution >= 4 is 16.8 Å². The minimum atomic E-state index is -0.201. The van der Waals surface area contributed by atoms with E-state index in [-0.39, 0.29) is 17.5 Å². The molecule has 0 aliphatic heterocycles. The number of aromatic nitrogens is 2. The van der Waals surface area contributed by atoms with Crippen LogP contribution in [0, 0.1) is 6.92 Å². The number of rotatable bonds is 6. The van der Waals surface area contributed by atoms with Gasteiger partial charge in [-0.25, -0.2) is 4.98 Å². The molecule has 0 saturated heterocycles. The number of fused-ring (bicyclic) bond motifs is 1. The molecule has 1 aliphatic carbocycles. The summed E-state index contributed by atoms with van der Waals surface area (Å²) in [6, 6.07) is 12.6. The maximum absolute atomic E-state index is 13.3. The highest BCUT2D eigenvalue weighted by atomic mass is 16.5. The van der Waals surface area contributed by atoms with Crippen molar-refractivity contribution in [1.29, 1.82) is 0 Å². The van der Waals surface area contributed by atoms with Crippen LogP contribution in [0.5, 0.6) is 5.75 Å². The Morgan fingerprint density at radius 3 is 2.79 bits per heavy atom. The second kappa shape index (κ2) is 7.54. The Kier molecular flexibility index (Phi) is 4.92. The number of nitrogens with one attached hydrogen (secondary N) is 1. The van der Waals surface area contributed by atoms with Gasteiger partial charge >= 0.3 is 0 Å². The lowest BCUT2D eigenvalue weighted by Crippen LogP contribution is -2.26. The SMILES string of the molecule is C=C(C)COc1ccc2nc(C)n(-c3cccc(C(=O)NC4CC4)c3)c(=O)c2c1. The predicted molar refractivity (Wildman–Crippen MR) is 113 cm³/mol. The number of nitrogens with zero attached hydrogens (tertiary/aromatic N) is 2. The van der Waals surface area contributed by atoms with E-state index in [1.165, 1.54) is 4.57 Å². The molecule has 2 aromatic carbocycles. The van der Waals surface area contributed by atoms with Gasteiger partial charge < -0.3 is 10.1 Å². The second-order valence-corrected chi connectivity index (χ2v) is 7.52. The maximum atomic E-state index is 13.3. The number of amides is 1. The molecule has 1 amide bonds. The summed E-state index contributed by atoms with van der Waals surface area (Å²) in [7, 11) is 0. The fourth-order valence-electron chi connectivity index (χ4n) is 3.16. The molecule has 4 rings (SSSR count). The largest absolute Gasteiger partial charge is 0.489 e. The zero-order valence-corrected chi connectivity index (χ0v) is 16.6. The Morgan fingerprint density at radius 1 is 1.28 bits per heavy atom. The first kappa shape index (κ1) is 18.9. The van der Waals surface area contributed by atoms with Crippen LogP contribution in [0.25, 0.3) is 16.6 Å². The van der Waals surface area contributed by atoms with Crippen LogP contribution in [0.4, 0.5) is 0 Å². The van der Waals surface area contributed by atoms with Crippen molar-refractivity contribution < 1.29 is 9.53 Å². The Hall–Kier alpha value is -3.41. The molecule has 29 heavy (non-hydrogen) atoms. The average molecular weight is 389 g/mol. The standard InChI is InChI=1S/C23H23N3O3/c1-14(2)13-29-19-9-10-21-20(12-19)23(28)26(15(3)24-21)18-6-4-5-16(11-18)22(27)25-17-7-8-17/h4-6,9-12,17H,1,7-8,13H2,2-3H3,(H,25,27). The summed E-state index contributed by atoms with van der Waals surface area (Å²) in [5, 5.41) is 3.43. The number of benzene rings is 2. The average Bonchev–Trinajstić information content (AvgIpc) is 3.51. The zero-order valence-electron chi connectivity index (χ0n) is 16.6. The number of hydrogen-bond acceptors (Lipinski definition) is 4. The maximum Gasteiger partial charge on any atom is 0.266 e. The minimum Gasteiger partial charge on any atom is -0.489 e. The van der Waals surface area contributed by atoms with E-state index in [4.69, 9.17) is 4.74 Å². The quantitative estimate of drug-likeness (QED) is 0.655. The number of aryl methyl sites for hydroxylation is 1. The third-order valence-electron chi connectivity index (χ3n) is 4.77. The van der Waals surface area contributed by atoms with Gasteiger partial charge in [0.15, 0.2) is 0 Å². The van der Waals surface area contributed by atoms with Crippen LogP contribution in [-0.2, 0) is 0 Å². The number of carbonyl (C=O) groups is 1. The van der Waals surface area contributed by atoms with Crippen LogP contribution >= 0.6 is 0 Å². The highest BCUT2D eigenvalue weighted by Crippen LogP contribution is 2.21. The van der Waals surface area contributed by atoms with Crippen molar-refractivity contribution in [3.8, 4) is 11.4 Å². The van der Waals surface area contributed by atoms with E-state index < -0.39 is 0 Å². The summed E-state index contributed by atoms with van der Waals surface area (Å²) < 4.78 is 7.20. The van der Waals surface area contributed by atoms with Gasteiger partial charge in [0.25, 0.3) is 11.5 Å². The zero-order chi connectivity index (χ0) is 20.5. The van der Waals surface area contributed by atoms with Crippen LogP contribution in [0.1, 0.15) is 35.9 Å². The Labute approximate surface area is 168 Å².